The fraction of sp³-hybridized carbons (Fsp3) is 0.200. The van der Waals surface area contributed by atoms with E-state index in [2.05, 4.69) is 36.5 Å². The van der Waals surface area contributed by atoms with Gasteiger partial charge in [0.05, 0.1) is 18.5 Å². The van der Waals surface area contributed by atoms with Crippen molar-refractivity contribution in [1.82, 2.24) is 0 Å². The SMILES string of the molecule is CCc1ccc(Nc2cc(OC)ccc2N)cc1. The molecule has 0 aliphatic heterocycles. The molecule has 2 aromatic carbocycles. The van der Waals surface area contributed by atoms with Crippen molar-refractivity contribution in [1.29, 1.82) is 0 Å². The number of ether oxygens (including phenoxy) is 1. The Balaban J connectivity index is 2.21. The average molecular weight is 242 g/mol. The number of anilines is 3. The molecule has 2 aromatic rings. The Bertz CT molecular complexity index is 521. The van der Waals surface area contributed by atoms with E-state index in [1.54, 1.807) is 7.11 Å². The Kier molecular flexibility index (Phi) is 3.72. The summed E-state index contributed by atoms with van der Waals surface area (Å²) in [4.78, 5) is 0. The van der Waals surface area contributed by atoms with Gasteiger partial charge in [0.1, 0.15) is 5.75 Å². The van der Waals surface area contributed by atoms with E-state index in [4.69, 9.17) is 10.5 Å². The molecule has 18 heavy (non-hydrogen) atoms. The van der Waals surface area contributed by atoms with Crippen LogP contribution in [0.3, 0.4) is 0 Å². The number of nitrogen functional groups attached to an aromatic ring is 1. The molecular formula is C15H18N2O. The zero-order valence-electron chi connectivity index (χ0n) is 10.7. The number of nitrogens with one attached hydrogen (secondary N) is 1. The first-order chi connectivity index (χ1) is 8.72. The van der Waals surface area contributed by atoms with Crippen LogP contribution in [0.25, 0.3) is 0 Å². The Morgan fingerprint density at radius 3 is 2.44 bits per heavy atom. The van der Waals surface area contributed by atoms with Crippen LogP contribution in [-0.4, -0.2) is 7.11 Å². The van der Waals surface area contributed by atoms with Crippen molar-refractivity contribution >= 4 is 17.1 Å². The summed E-state index contributed by atoms with van der Waals surface area (Å²) in [7, 11) is 1.64. The maximum absolute atomic E-state index is 5.93. The minimum Gasteiger partial charge on any atom is -0.497 e. The molecule has 0 saturated heterocycles. The summed E-state index contributed by atoms with van der Waals surface area (Å²) in [5.41, 5.74) is 9.83. The average Bonchev–Trinajstić information content (AvgIpc) is 2.42. The molecule has 3 nitrogen and oxygen atoms in total. The van der Waals surface area contributed by atoms with Gasteiger partial charge < -0.3 is 15.8 Å². The van der Waals surface area contributed by atoms with E-state index in [0.29, 0.717) is 5.69 Å². The van der Waals surface area contributed by atoms with E-state index < -0.39 is 0 Å². The van der Waals surface area contributed by atoms with Crippen LogP contribution in [0.5, 0.6) is 5.75 Å². The van der Waals surface area contributed by atoms with E-state index in [-0.39, 0.29) is 0 Å². The van der Waals surface area contributed by atoms with Crippen LogP contribution in [-0.2, 0) is 6.42 Å². The molecule has 0 aliphatic rings. The summed E-state index contributed by atoms with van der Waals surface area (Å²) in [5, 5.41) is 3.29. The van der Waals surface area contributed by atoms with Crippen LogP contribution in [0.4, 0.5) is 17.1 Å². The van der Waals surface area contributed by atoms with E-state index >= 15 is 0 Å². The van der Waals surface area contributed by atoms with Crippen molar-refractivity contribution in [2.75, 3.05) is 18.2 Å². The van der Waals surface area contributed by atoms with E-state index in [9.17, 15) is 0 Å². The van der Waals surface area contributed by atoms with E-state index in [0.717, 1.165) is 23.5 Å². The van der Waals surface area contributed by atoms with Crippen LogP contribution in [0.2, 0.25) is 0 Å². The normalized spacial score (nSPS) is 10.1. The summed E-state index contributed by atoms with van der Waals surface area (Å²) in [5.74, 6) is 0.789. The van der Waals surface area contributed by atoms with Gasteiger partial charge in [0.2, 0.25) is 0 Å². The maximum atomic E-state index is 5.93. The minimum atomic E-state index is 0.704. The molecule has 0 atom stereocenters. The number of nitrogens with two attached hydrogens (primary N) is 1. The van der Waals surface area contributed by atoms with Gasteiger partial charge in [0, 0.05) is 11.8 Å². The van der Waals surface area contributed by atoms with Crippen LogP contribution >= 0.6 is 0 Å². The first-order valence-electron chi connectivity index (χ1n) is 6.02. The van der Waals surface area contributed by atoms with Crippen LogP contribution < -0.4 is 15.8 Å². The van der Waals surface area contributed by atoms with Crippen LogP contribution in [0, 0.1) is 0 Å². The van der Waals surface area contributed by atoms with Gasteiger partial charge in [-0.3, -0.25) is 0 Å². The number of rotatable bonds is 4. The smallest absolute Gasteiger partial charge is 0.121 e. The lowest BCUT2D eigenvalue weighted by Gasteiger charge is -2.11. The molecule has 3 heteroatoms. The molecule has 0 spiro atoms. The maximum Gasteiger partial charge on any atom is 0.121 e. The standard InChI is InChI=1S/C15H18N2O/c1-3-11-4-6-12(7-5-11)17-15-10-13(18-2)8-9-14(15)16/h4-10,17H,3,16H2,1-2H3. The third kappa shape index (κ3) is 2.74. The van der Waals surface area contributed by atoms with Crippen molar-refractivity contribution in [3.8, 4) is 5.75 Å². The number of methoxy groups -OCH3 is 1. The molecule has 0 amide bonds. The van der Waals surface area contributed by atoms with Gasteiger partial charge in [-0.25, -0.2) is 0 Å². The first kappa shape index (κ1) is 12.3. The number of aryl methyl sites for hydroxylation is 1. The molecular weight excluding hydrogens is 224 g/mol. The Morgan fingerprint density at radius 2 is 1.83 bits per heavy atom. The van der Waals surface area contributed by atoms with Gasteiger partial charge in [-0.05, 0) is 36.2 Å². The molecule has 94 valence electrons. The highest BCUT2D eigenvalue weighted by Crippen LogP contribution is 2.27. The molecule has 0 aromatic heterocycles. The van der Waals surface area contributed by atoms with Gasteiger partial charge in [-0.1, -0.05) is 19.1 Å². The second-order valence-electron chi connectivity index (χ2n) is 4.13. The monoisotopic (exact) mass is 242 g/mol. The second-order valence-corrected chi connectivity index (χ2v) is 4.13. The molecule has 0 bridgehead atoms. The molecule has 2 rings (SSSR count). The third-order valence-electron chi connectivity index (χ3n) is 2.90. The summed E-state index contributed by atoms with van der Waals surface area (Å²) in [6, 6.07) is 13.9. The largest absolute Gasteiger partial charge is 0.497 e. The second kappa shape index (κ2) is 5.45. The van der Waals surface area contributed by atoms with Gasteiger partial charge >= 0.3 is 0 Å². The fourth-order valence-electron chi connectivity index (χ4n) is 1.75. The topological polar surface area (TPSA) is 47.3 Å². The lowest BCUT2D eigenvalue weighted by molar-refractivity contribution is 0.415. The zero-order valence-corrected chi connectivity index (χ0v) is 10.7. The highest BCUT2D eigenvalue weighted by atomic mass is 16.5. The first-order valence-corrected chi connectivity index (χ1v) is 6.02. The van der Waals surface area contributed by atoms with Gasteiger partial charge in [0.25, 0.3) is 0 Å². The highest BCUT2D eigenvalue weighted by molar-refractivity contribution is 5.74. The van der Waals surface area contributed by atoms with Crippen LogP contribution in [0.1, 0.15) is 12.5 Å². The molecule has 0 saturated carbocycles. The number of benzene rings is 2. The van der Waals surface area contributed by atoms with Crippen molar-refractivity contribution in [2.45, 2.75) is 13.3 Å². The molecule has 0 unspecified atom stereocenters. The van der Waals surface area contributed by atoms with Crippen molar-refractivity contribution < 1.29 is 4.74 Å². The van der Waals surface area contributed by atoms with Gasteiger partial charge in [-0.2, -0.15) is 0 Å². The summed E-state index contributed by atoms with van der Waals surface area (Å²) in [6.45, 7) is 2.14. The molecule has 0 aliphatic carbocycles. The molecule has 0 heterocycles. The predicted molar refractivity (Wildman–Crippen MR) is 76.5 cm³/mol. The lowest BCUT2D eigenvalue weighted by atomic mass is 10.1. The highest BCUT2D eigenvalue weighted by Gasteiger charge is 2.02. The van der Waals surface area contributed by atoms with Crippen molar-refractivity contribution in [2.24, 2.45) is 0 Å². The van der Waals surface area contributed by atoms with Gasteiger partial charge in [0.15, 0.2) is 0 Å². The van der Waals surface area contributed by atoms with Crippen molar-refractivity contribution in [3.05, 3.63) is 48.0 Å². The zero-order chi connectivity index (χ0) is 13.0. The van der Waals surface area contributed by atoms with E-state index in [1.807, 2.05) is 18.2 Å². The Morgan fingerprint density at radius 1 is 1.11 bits per heavy atom. The van der Waals surface area contributed by atoms with Gasteiger partial charge in [-0.15, -0.1) is 0 Å². The minimum absolute atomic E-state index is 0.704. The number of hydrogen-bond acceptors (Lipinski definition) is 3. The Hall–Kier alpha value is -2.16. The fourth-order valence-corrected chi connectivity index (χ4v) is 1.75. The predicted octanol–water partition coefficient (Wildman–Crippen LogP) is 3.58. The van der Waals surface area contributed by atoms with E-state index in [1.165, 1.54) is 5.56 Å². The lowest BCUT2D eigenvalue weighted by Crippen LogP contribution is -1.97. The molecule has 0 fully saturated rings. The quantitative estimate of drug-likeness (QED) is 0.805. The van der Waals surface area contributed by atoms with Crippen molar-refractivity contribution in [3.63, 3.8) is 0 Å². The molecule has 0 radical (unpaired) electrons. The number of hydrogen-bond donors (Lipinski definition) is 2. The summed E-state index contributed by atoms with van der Waals surface area (Å²) in [6.07, 6.45) is 1.04. The summed E-state index contributed by atoms with van der Waals surface area (Å²) < 4.78 is 5.19. The van der Waals surface area contributed by atoms with Crippen LogP contribution in [0.15, 0.2) is 42.5 Å². The Labute approximate surface area is 108 Å². The molecule has 3 N–H and O–H groups in total. The third-order valence-corrected chi connectivity index (χ3v) is 2.90. The summed E-state index contributed by atoms with van der Waals surface area (Å²) >= 11 is 0.